The first-order chi connectivity index (χ1) is 5.38. The maximum Gasteiger partial charge on any atom is 0.166 e. The van der Waals surface area contributed by atoms with E-state index >= 15 is 0 Å². The predicted molar refractivity (Wildman–Crippen MR) is 38.6 cm³/mol. The molecule has 0 bridgehead atoms. The van der Waals surface area contributed by atoms with Crippen molar-refractivity contribution >= 4 is 0 Å². The molecule has 2 heterocycles. The van der Waals surface area contributed by atoms with E-state index in [2.05, 4.69) is 5.32 Å². The highest BCUT2D eigenvalue weighted by atomic mass is 19.1. The molecule has 11 heavy (non-hydrogen) atoms. The van der Waals surface area contributed by atoms with Gasteiger partial charge in [0.2, 0.25) is 0 Å². The Labute approximate surface area is 64.4 Å². The van der Waals surface area contributed by atoms with Gasteiger partial charge in [-0.15, -0.1) is 0 Å². The smallest absolute Gasteiger partial charge is 0.166 e. The van der Waals surface area contributed by atoms with Crippen molar-refractivity contribution in [3.63, 3.8) is 0 Å². The van der Waals surface area contributed by atoms with Gasteiger partial charge in [-0.1, -0.05) is 0 Å². The maximum absolute atomic E-state index is 12.9. The van der Waals surface area contributed by atoms with E-state index in [0.717, 1.165) is 25.6 Å². The average Bonchev–Trinajstić information content (AvgIpc) is 2.55. The highest BCUT2D eigenvalue weighted by Crippen LogP contribution is 2.25. The van der Waals surface area contributed by atoms with Gasteiger partial charge < -0.3 is 9.73 Å². The van der Waals surface area contributed by atoms with E-state index < -0.39 is 0 Å². The number of rotatable bonds is 1. The lowest BCUT2D eigenvalue weighted by Gasteiger charge is -2.05. The van der Waals surface area contributed by atoms with E-state index in [9.17, 15) is 4.39 Å². The zero-order valence-electron chi connectivity index (χ0n) is 6.14. The van der Waals surface area contributed by atoms with Crippen molar-refractivity contribution in [2.75, 3.05) is 6.54 Å². The minimum Gasteiger partial charge on any atom is -0.469 e. The second-order valence-corrected chi connectivity index (χ2v) is 2.82. The van der Waals surface area contributed by atoms with Gasteiger partial charge >= 0.3 is 0 Å². The quantitative estimate of drug-likeness (QED) is 0.669. The van der Waals surface area contributed by atoms with Crippen molar-refractivity contribution in [2.45, 2.75) is 18.9 Å². The molecule has 0 aromatic carbocycles. The van der Waals surface area contributed by atoms with Crippen LogP contribution in [0.4, 0.5) is 4.39 Å². The first kappa shape index (κ1) is 6.85. The molecular weight excluding hydrogens is 145 g/mol. The minimum absolute atomic E-state index is 0.175. The molecule has 0 amide bonds. The Bertz CT molecular complexity index is 240. The Hall–Kier alpha value is -0.830. The van der Waals surface area contributed by atoms with Crippen LogP contribution in [0.5, 0.6) is 0 Å². The zero-order valence-corrected chi connectivity index (χ0v) is 6.14. The summed E-state index contributed by atoms with van der Waals surface area (Å²) in [6, 6.07) is 0.175. The van der Waals surface area contributed by atoms with Crippen LogP contribution in [0, 0.1) is 5.82 Å². The fourth-order valence-electron chi connectivity index (χ4n) is 1.49. The number of hydrogen-bond donors (Lipinski definition) is 1. The maximum atomic E-state index is 12.9. The van der Waals surface area contributed by atoms with Gasteiger partial charge in [0.15, 0.2) is 5.82 Å². The molecule has 1 unspecified atom stereocenters. The molecule has 1 atom stereocenters. The molecule has 1 fully saturated rings. The third kappa shape index (κ3) is 1.16. The fraction of sp³-hybridized carbons (Fsp3) is 0.500. The number of furan rings is 1. The Morgan fingerprint density at radius 2 is 2.45 bits per heavy atom. The molecule has 1 aliphatic rings. The highest BCUT2D eigenvalue weighted by molar-refractivity contribution is 5.15. The lowest BCUT2D eigenvalue weighted by Crippen LogP contribution is -2.12. The summed E-state index contributed by atoms with van der Waals surface area (Å²) < 4.78 is 17.6. The number of hydrogen-bond acceptors (Lipinski definition) is 2. The molecule has 1 saturated heterocycles. The number of halogens is 1. The summed E-state index contributed by atoms with van der Waals surface area (Å²) in [6.45, 7) is 0.981. The van der Waals surface area contributed by atoms with Crippen LogP contribution in [0.1, 0.15) is 24.4 Å². The van der Waals surface area contributed by atoms with E-state index in [-0.39, 0.29) is 11.9 Å². The molecule has 2 rings (SSSR count). The van der Waals surface area contributed by atoms with Crippen LogP contribution in [0.25, 0.3) is 0 Å². The third-order valence-electron chi connectivity index (χ3n) is 2.08. The Balaban J connectivity index is 2.21. The monoisotopic (exact) mass is 155 g/mol. The first-order valence-electron chi connectivity index (χ1n) is 3.83. The molecule has 2 nitrogen and oxygen atoms in total. The molecule has 0 spiro atoms. The van der Waals surface area contributed by atoms with E-state index in [0.29, 0.717) is 5.56 Å². The van der Waals surface area contributed by atoms with E-state index in [4.69, 9.17) is 4.42 Å². The highest BCUT2D eigenvalue weighted by Gasteiger charge is 2.20. The Morgan fingerprint density at radius 3 is 3.00 bits per heavy atom. The molecule has 0 aliphatic carbocycles. The summed E-state index contributed by atoms with van der Waals surface area (Å²) >= 11 is 0. The summed E-state index contributed by atoms with van der Waals surface area (Å²) in [5.41, 5.74) is 0.669. The van der Waals surface area contributed by atoms with Gasteiger partial charge in [-0.05, 0) is 19.4 Å². The minimum atomic E-state index is -0.232. The standard InChI is InChI=1S/C8H10FNO/c9-7-5-11-4-6(7)8-2-1-3-10-8/h4-5,8,10H,1-3H2. The molecule has 1 N–H and O–H groups in total. The van der Waals surface area contributed by atoms with Gasteiger partial charge in [0.1, 0.15) is 6.26 Å². The topological polar surface area (TPSA) is 25.2 Å². The van der Waals surface area contributed by atoms with Crippen LogP contribution < -0.4 is 5.32 Å². The number of nitrogens with one attached hydrogen (secondary N) is 1. The van der Waals surface area contributed by atoms with Crippen molar-refractivity contribution in [2.24, 2.45) is 0 Å². The van der Waals surface area contributed by atoms with Crippen molar-refractivity contribution in [3.05, 3.63) is 23.9 Å². The zero-order chi connectivity index (χ0) is 7.68. The second kappa shape index (κ2) is 2.66. The molecule has 60 valence electrons. The largest absolute Gasteiger partial charge is 0.469 e. The Morgan fingerprint density at radius 1 is 1.55 bits per heavy atom. The third-order valence-corrected chi connectivity index (χ3v) is 2.08. The second-order valence-electron chi connectivity index (χ2n) is 2.82. The van der Waals surface area contributed by atoms with Gasteiger partial charge in [-0.3, -0.25) is 0 Å². The van der Waals surface area contributed by atoms with Crippen molar-refractivity contribution in [3.8, 4) is 0 Å². The molecule has 1 aromatic heterocycles. The van der Waals surface area contributed by atoms with E-state index in [1.165, 1.54) is 6.26 Å². The molecule has 0 radical (unpaired) electrons. The van der Waals surface area contributed by atoms with Crippen LogP contribution in [0.2, 0.25) is 0 Å². The van der Waals surface area contributed by atoms with Crippen LogP contribution in [-0.4, -0.2) is 6.54 Å². The van der Waals surface area contributed by atoms with Crippen LogP contribution in [0.3, 0.4) is 0 Å². The lowest BCUT2D eigenvalue weighted by atomic mass is 10.1. The average molecular weight is 155 g/mol. The van der Waals surface area contributed by atoms with Crippen LogP contribution >= 0.6 is 0 Å². The predicted octanol–water partition coefficient (Wildman–Crippen LogP) is 1.84. The van der Waals surface area contributed by atoms with Crippen LogP contribution in [-0.2, 0) is 0 Å². The lowest BCUT2D eigenvalue weighted by molar-refractivity contribution is 0.532. The van der Waals surface area contributed by atoms with Gasteiger partial charge in [-0.25, -0.2) is 4.39 Å². The van der Waals surface area contributed by atoms with Gasteiger partial charge in [-0.2, -0.15) is 0 Å². The summed E-state index contributed by atoms with van der Waals surface area (Å²) in [4.78, 5) is 0. The summed E-state index contributed by atoms with van der Waals surface area (Å²) in [6.07, 6.45) is 4.76. The summed E-state index contributed by atoms with van der Waals surface area (Å²) in [7, 11) is 0. The molecule has 1 aliphatic heterocycles. The molecule has 1 aromatic rings. The molecule has 0 saturated carbocycles. The van der Waals surface area contributed by atoms with Gasteiger partial charge in [0.25, 0.3) is 0 Å². The summed E-state index contributed by atoms with van der Waals surface area (Å²) in [5.74, 6) is -0.232. The van der Waals surface area contributed by atoms with Crippen LogP contribution in [0.15, 0.2) is 16.9 Å². The van der Waals surface area contributed by atoms with Crippen molar-refractivity contribution in [1.82, 2.24) is 5.32 Å². The summed E-state index contributed by atoms with van der Waals surface area (Å²) in [5, 5.41) is 3.20. The Kier molecular flexibility index (Phi) is 1.66. The van der Waals surface area contributed by atoms with Crippen molar-refractivity contribution < 1.29 is 8.81 Å². The molecule has 3 heteroatoms. The van der Waals surface area contributed by atoms with Crippen molar-refractivity contribution in [1.29, 1.82) is 0 Å². The van der Waals surface area contributed by atoms with Gasteiger partial charge in [0.05, 0.1) is 6.26 Å². The van der Waals surface area contributed by atoms with E-state index in [1.807, 2.05) is 0 Å². The fourth-order valence-corrected chi connectivity index (χ4v) is 1.49. The van der Waals surface area contributed by atoms with E-state index in [1.54, 1.807) is 0 Å². The van der Waals surface area contributed by atoms with Gasteiger partial charge in [0, 0.05) is 11.6 Å². The normalized spacial score (nSPS) is 24.3. The first-order valence-corrected chi connectivity index (χ1v) is 3.83. The SMILES string of the molecule is Fc1cocc1C1CCCN1. The molecular formula is C8H10FNO.